The fraction of sp³-hybridized carbons (Fsp3) is 0.333. The highest BCUT2D eigenvalue weighted by molar-refractivity contribution is 6.29. The minimum Gasteiger partial charge on any atom is -0.444 e. The van der Waals surface area contributed by atoms with Gasteiger partial charge in [0.1, 0.15) is 22.1 Å². The summed E-state index contributed by atoms with van der Waals surface area (Å²) in [6.45, 7) is 8.51. The molecule has 2 amide bonds. The molecule has 216 valence electrons. The summed E-state index contributed by atoms with van der Waals surface area (Å²) >= 11 is 6.31. The number of carbonyl (C=O) groups is 2. The van der Waals surface area contributed by atoms with Crippen LogP contribution in [0.1, 0.15) is 42.5 Å². The lowest BCUT2D eigenvalue weighted by molar-refractivity contribution is -0.0404. The van der Waals surface area contributed by atoms with Crippen LogP contribution in [0, 0.1) is 18.3 Å². The van der Waals surface area contributed by atoms with Crippen molar-refractivity contribution in [2.45, 2.75) is 39.4 Å². The van der Waals surface area contributed by atoms with Crippen molar-refractivity contribution in [2.75, 3.05) is 26.2 Å². The number of amides is 2. The fourth-order valence-corrected chi connectivity index (χ4v) is 4.92. The van der Waals surface area contributed by atoms with Gasteiger partial charge in [-0.1, -0.05) is 23.7 Å². The van der Waals surface area contributed by atoms with Crippen LogP contribution in [0.4, 0.5) is 4.79 Å². The number of halogens is 1. The molecule has 11 nitrogen and oxygen atoms in total. The van der Waals surface area contributed by atoms with Crippen LogP contribution in [0.15, 0.2) is 48.7 Å². The molecule has 1 aliphatic heterocycles. The zero-order chi connectivity index (χ0) is 30.0. The van der Waals surface area contributed by atoms with Gasteiger partial charge < -0.3 is 19.7 Å². The number of aromatic nitrogens is 4. The number of hydrogen-bond donors (Lipinski definition) is 1. The van der Waals surface area contributed by atoms with Gasteiger partial charge in [0, 0.05) is 30.5 Å². The molecule has 1 atom stereocenters. The van der Waals surface area contributed by atoms with Crippen molar-refractivity contribution < 1.29 is 19.1 Å². The molecule has 1 fully saturated rings. The third-order valence-corrected chi connectivity index (χ3v) is 6.67. The summed E-state index contributed by atoms with van der Waals surface area (Å²) in [6.07, 6.45) is 0.852. The average Bonchev–Trinajstić information content (AvgIpc) is 3.33. The molecule has 12 heteroatoms. The first-order valence-electron chi connectivity index (χ1n) is 13.4. The van der Waals surface area contributed by atoms with E-state index in [1.54, 1.807) is 45.9 Å². The summed E-state index contributed by atoms with van der Waals surface area (Å²) in [5, 5.41) is 17.4. The van der Waals surface area contributed by atoms with E-state index in [9.17, 15) is 14.9 Å². The zero-order valence-corrected chi connectivity index (χ0v) is 24.5. The molecule has 3 aromatic heterocycles. The Morgan fingerprint density at radius 1 is 1.19 bits per heavy atom. The number of fused-ring (bicyclic) bond motifs is 1. The van der Waals surface area contributed by atoms with E-state index >= 15 is 0 Å². The summed E-state index contributed by atoms with van der Waals surface area (Å²) < 4.78 is 12.8. The number of benzene rings is 1. The Hall–Kier alpha value is -4.53. The molecular formula is C30H30ClN7O4. The number of aryl methyl sites for hydroxylation is 1. The van der Waals surface area contributed by atoms with Crippen molar-refractivity contribution in [1.82, 2.24) is 29.8 Å². The van der Waals surface area contributed by atoms with Gasteiger partial charge in [0.15, 0.2) is 5.65 Å². The largest absolute Gasteiger partial charge is 0.444 e. The smallest absolute Gasteiger partial charge is 0.410 e. The van der Waals surface area contributed by atoms with Crippen LogP contribution in [0.5, 0.6) is 0 Å². The second kappa shape index (κ2) is 11.8. The second-order valence-electron chi connectivity index (χ2n) is 10.9. The highest BCUT2D eigenvalue weighted by Gasteiger charge is 2.29. The lowest BCUT2D eigenvalue weighted by Gasteiger charge is -2.34. The first kappa shape index (κ1) is 29.0. The van der Waals surface area contributed by atoms with E-state index in [2.05, 4.69) is 21.4 Å². The van der Waals surface area contributed by atoms with Crippen molar-refractivity contribution in [1.29, 1.82) is 5.26 Å². The van der Waals surface area contributed by atoms with Gasteiger partial charge in [-0.15, -0.1) is 0 Å². The number of hydrogen-bond acceptors (Lipinski definition) is 8. The van der Waals surface area contributed by atoms with Crippen molar-refractivity contribution >= 4 is 29.2 Å². The highest BCUT2D eigenvalue weighted by atomic mass is 35.5. The number of carbonyl (C=O) groups excluding carboxylic acids is 2. The SMILES string of the molecule is Cc1cc(-c2c(-c3cccc(C#N)c3)nn3ccc(C(=O)NCC4CN(C(=O)OC(C)(C)C)CCO4)nc23)cc(Cl)n1. The summed E-state index contributed by atoms with van der Waals surface area (Å²) in [7, 11) is 0. The van der Waals surface area contributed by atoms with Crippen LogP contribution >= 0.6 is 11.6 Å². The van der Waals surface area contributed by atoms with Crippen LogP contribution in [0.3, 0.4) is 0 Å². The van der Waals surface area contributed by atoms with Gasteiger partial charge in [-0.05, 0) is 63.6 Å². The minimum absolute atomic E-state index is 0.178. The molecule has 4 aromatic rings. The molecule has 1 aliphatic rings. The third-order valence-electron chi connectivity index (χ3n) is 6.47. The van der Waals surface area contributed by atoms with Gasteiger partial charge in [0.2, 0.25) is 0 Å². The molecule has 5 rings (SSSR count). The van der Waals surface area contributed by atoms with Crippen LogP contribution in [0.2, 0.25) is 5.15 Å². The van der Waals surface area contributed by atoms with Gasteiger partial charge >= 0.3 is 6.09 Å². The molecule has 0 radical (unpaired) electrons. The predicted octanol–water partition coefficient (Wildman–Crippen LogP) is 4.66. The lowest BCUT2D eigenvalue weighted by Crippen LogP contribution is -2.50. The van der Waals surface area contributed by atoms with E-state index < -0.39 is 23.7 Å². The molecule has 4 heterocycles. The molecule has 0 spiro atoms. The van der Waals surface area contributed by atoms with Crippen molar-refractivity contribution in [3.63, 3.8) is 0 Å². The van der Waals surface area contributed by atoms with Crippen LogP contribution in [0.25, 0.3) is 28.0 Å². The van der Waals surface area contributed by atoms with Crippen molar-refractivity contribution in [2.24, 2.45) is 0 Å². The second-order valence-corrected chi connectivity index (χ2v) is 11.3. The number of morpholine rings is 1. The molecule has 1 aromatic carbocycles. The van der Waals surface area contributed by atoms with E-state index in [4.69, 9.17) is 26.2 Å². The number of nitriles is 1. The zero-order valence-electron chi connectivity index (χ0n) is 23.7. The van der Waals surface area contributed by atoms with E-state index in [1.807, 2.05) is 39.8 Å². The van der Waals surface area contributed by atoms with Gasteiger partial charge in [-0.25, -0.2) is 19.3 Å². The normalized spacial score (nSPS) is 15.3. The predicted molar refractivity (Wildman–Crippen MR) is 156 cm³/mol. The molecule has 0 bridgehead atoms. The quantitative estimate of drug-likeness (QED) is 0.333. The molecule has 0 aliphatic carbocycles. The highest BCUT2D eigenvalue weighted by Crippen LogP contribution is 2.36. The van der Waals surface area contributed by atoms with Gasteiger partial charge in [0.05, 0.1) is 36.5 Å². The monoisotopic (exact) mass is 587 g/mol. The van der Waals surface area contributed by atoms with Crippen LogP contribution in [-0.4, -0.2) is 74.4 Å². The number of nitrogens with zero attached hydrogens (tertiary/aromatic N) is 6. The standard InChI is InChI=1S/C30H30ClN7O4/c1-18-12-21(14-24(31)34-18)25-26(20-7-5-6-19(13-20)15-32)36-38-9-8-23(35-27(25)38)28(39)33-16-22-17-37(10-11-41-22)29(40)42-30(2,3)4/h5-9,12-14,22H,10-11,16-17H2,1-4H3,(H,33,39). The number of ether oxygens (including phenoxy) is 2. The summed E-state index contributed by atoms with van der Waals surface area (Å²) in [5.41, 5.74) is 3.88. The molecule has 1 N–H and O–H groups in total. The van der Waals surface area contributed by atoms with E-state index in [-0.39, 0.29) is 12.2 Å². The maximum Gasteiger partial charge on any atom is 0.410 e. The summed E-state index contributed by atoms with van der Waals surface area (Å²) in [5.74, 6) is -0.403. The van der Waals surface area contributed by atoms with E-state index in [0.29, 0.717) is 53.0 Å². The van der Waals surface area contributed by atoms with Gasteiger partial charge in [-0.3, -0.25) is 4.79 Å². The third kappa shape index (κ3) is 6.51. The van der Waals surface area contributed by atoms with Crippen molar-refractivity contribution in [3.05, 3.63) is 70.8 Å². The summed E-state index contributed by atoms with van der Waals surface area (Å²) in [4.78, 5) is 36.2. The van der Waals surface area contributed by atoms with E-state index in [1.165, 1.54) is 0 Å². The summed E-state index contributed by atoms with van der Waals surface area (Å²) in [6, 6.07) is 14.4. The Morgan fingerprint density at radius 2 is 2.00 bits per heavy atom. The molecule has 1 unspecified atom stereocenters. The Labute approximate surface area is 248 Å². The first-order chi connectivity index (χ1) is 20.0. The van der Waals surface area contributed by atoms with Crippen LogP contribution in [-0.2, 0) is 9.47 Å². The Balaban J connectivity index is 1.42. The van der Waals surface area contributed by atoms with Gasteiger partial charge in [0.25, 0.3) is 5.91 Å². The maximum atomic E-state index is 13.2. The number of nitrogens with one attached hydrogen (secondary N) is 1. The topological polar surface area (TPSA) is 135 Å². The Kier molecular flexibility index (Phi) is 8.11. The first-order valence-corrected chi connectivity index (χ1v) is 13.8. The molecule has 42 heavy (non-hydrogen) atoms. The Morgan fingerprint density at radius 3 is 2.74 bits per heavy atom. The van der Waals surface area contributed by atoms with E-state index in [0.717, 1.165) is 11.1 Å². The fourth-order valence-electron chi connectivity index (χ4n) is 4.66. The molecule has 0 saturated carbocycles. The average molecular weight is 588 g/mol. The lowest BCUT2D eigenvalue weighted by atomic mass is 10.00. The van der Waals surface area contributed by atoms with Gasteiger partial charge in [-0.2, -0.15) is 10.4 Å². The minimum atomic E-state index is -0.603. The number of rotatable bonds is 5. The maximum absolute atomic E-state index is 13.2. The number of pyridine rings is 1. The molecular weight excluding hydrogens is 558 g/mol. The molecule has 1 saturated heterocycles. The Bertz CT molecular complexity index is 1690. The van der Waals surface area contributed by atoms with Crippen molar-refractivity contribution in [3.8, 4) is 28.5 Å². The van der Waals surface area contributed by atoms with Crippen LogP contribution < -0.4 is 5.32 Å².